The van der Waals surface area contributed by atoms with E-state index < -0.39 is 5.82 Å². The Balaban J connectivity index is 1.35. The molecule has 2 aliphatic rings. The van der Waals surface area contributed by atoms with Crippen LogP contribution in [0.25, 0.3) is 10.9 Å². The molecule has 2 fully saturated rings. The fourth-order valence-electron chi connectivity index (χ4n) is 5.67. The van der Waals surface area contributed by atoms with Crippen molar-refractivity contribution < 1.29 is 9.18 Å². The molecule has 0 radical (unpaired) electrons. The highest BCUT2D eigenvalue weighted by Crippen LogP contribution is 2.31. The van der Waals surface area contributed by atoms with Gasteiger partial charge in [-0.1, -0.05) is 18.5 Å². The first kappa shape index (κ1) is 27.1. The molecule has 2 aliphatic heterocycles. The maximum Gasteiger partial charge on any atom is 0.239 e. The van der Waals surface area contributed by atoms with Gasteiger partial charge in [-0.2, -0.15) is 10.2 Å². The molecule has 3 heterocycles. The van der Waals surface area contributed by atoms with Crippen molar-refractivity contribution in [3.63, 3.8) is 0 Å². The smallest absolute Gasteiger partial charge is 0.239 e. The summed E-state index contributed by atoms with van der Waals surface area (Å²) in [6.45, 7) is 5.49. The lowest BCUT2D eigenvalue weighted by molar-refractivity contribution is -0.137. The van der Waals surface area contributed by atoms with Crippen LogP contribution in [0.4, 0.5) is 21.8 Å². The summed E-state index contributed by atoms with van der Waals surface area (Å²) in [6.07, 6.45) is 4.66. The van der Waals surface area contributed by atoms with Gasteiger partial charge in [0.1, 0.15) is 11.6 Å². The Hall–Kier alpha value is -3.48. The third-order valence-electron chi connectivity index (χ3n) is 7.80. The van der Waals surface area contributed by atoms with E-state index in [0.29, 0.717) is 46.3 Å². The van der Waals surface area contributed by atoms with Gasteiger partial charge in [0, 0.05) is 36.6 Å². The lowest BCUT2D eigenvalue weighted by Crippen LogP contribution is -2.51. The maximum absolute atomic E-state index is 14.6. The molecule has 1 N–H and O–H groups in total. The first-order valence-corrected chi connectivity index (χ1v) is 14.0. The van der Waals surface area contributed by atoms with Gasteiger partial charge in [-0.15, -0.1) is 0 Å². The minimum Gasteiger partial charge on any atom is -0.341 e. The number of likely N-dealkylation sites (tertiary alicyclic amines) is 1. The van der Waals surface area contributed by atoms with E-state index in [1.165, 1.54) is 6.07 Å². The van der Waals surface area contributed by atoms with E-state index in [4.69, 9.17) is 21.6 Å². The number of halogens is 2. The molecule has 0 aliphatic carbocycles. The number of nitrogens with zero attached hydrogens (tertiary/aromatic N) is 6. The van der Waals surface area contributed by atoms with Crippen LogP contribution >= 0.6 is 11.6 Å². The molecule has 5 rings (SSSR count). The van der Waals surface area contributed by atoms with E-state index in [1.807, 2.05) is 11.9 Å². The van der Waals surface area contributed by atoms with Crippen LogP contribution < -0.4 is 10.2 Å². The average Bonchev–Trinajstić information content (AvgIpc) is 3.41. The van der Waals surface area contributed by atoms with Gasteiger partial charge < -0.3 is 15.1 Å². The monoisotopic (exact) mass is 549 g/mol. The van der Waals surface area contributed by atoms with Crippen LogP contribution in [0.3, 0.4) is 0 Å². The van der Waals surface area contributed by atoms with Gasteiger partial charge in [0.15, 0.2) is 0 Å². The van der Waals surface area contributed by atoms with E-state index in [2.05, 4.69) is 28.1 Å². The maximum atomic E-state index is 14.6. The van der Waals surface area contributed by atoms with Gasteiger partial charge in [0.25, 0.3) is 0 Å². The molecule has 0 bridgehead atoms. The van der Waals surface area contributed by atoms with E-state index in [9.17, 15) is 14.4 Å². The molecular weight excluding hydrogens is 517 g/mol. The Bertz CT molecular complexity index is 1400. The molecule has 0 saturated carbocycles. The van der Waals surface area contributed by atoms with Gasteiger partial charge in [-0.05, 0) is 81.6 Å². The van der Waals surface area contributed by atoms with E-state index >= 15 is 0 Å². The lowest BCUT2D eigenvalue weighted by atomic mass is 10.0. The van der Waals surface area contributed by atoms with Gasteiger partial charge in [0.2, 0.25) is 11.9 Å². The summed E-state index contributed by atoms with van der Waals surface area (Å²) in [4.78, 5) is 29.2. The number of anilines is 3. The highest BCUT2D eigenvalue weighted by Gasteiger charge is 2.35. The second-order valence-corrected chi connectivity index (χ2v) is 10.8. The van der Waals surface area contributed by atoms with Crippen molar-refractivity contribution in [1.82, 2.24) is 19.8 Å². The average molecular weight is 550 g/mol. The molecule has 2 aromatic carbocycles. The Morgan fingerprint density at radius 2 is 1.97 bits per heavy atom. The second kappa shape index (κ2) is 11.7. The standard InChI is InChI=1S/C29H33ClFN7O/c1-3-12-37-13-4-5-26(37)28(39)36(2)21-10-14-38(15-11-21)29-34-25-16-19(18-32)6-8-22(25)27(35-29)33-24-9-7-20(30)17-23(24)31/h6-9,16-17,21,26H,3-5,10-15H2,1-2H3,(H,33,34,35). The molecule has 1 atom stereocenters. The molecule has 0 spiro atoms. The third-order valence-corrected chi connectivity index (χ3v) is 8.04. The van der Waals surface area contributed by atoms with Crippen LogP contribution in [-0.2, 0) is 4.79 Å². The van der Waals surface area contributed by atoms with Crippen molar-refractivity contribution in [2.45, 2.75) is 51.1 Å². The number of aromatic nitrogens is 2. The molecular formula is C29H33ClFN7O. The van der Waals surface area contributed by atoms with Gasteiger partial charge >= 0.3 is 0 Å². The topological polar surface area (TPSA) is 88.4 Å². The number of nitriles is 1. The Kier molecular flexibility index (Phi) is 8.15. The normalized spacial score (nSPS) is 18.3. The number of hydrogen-bond acceptors (Lipinski definition) is 7. The van der Waals surface area contributed by atoms with E-state index in [1.54, 1.807) is 30.3 Å². The Labute approximate surface area is 233 Å². The number of benzene rings is 2. The number of rotatable bonds is 7. The number of fused-ring (bicyclic) bond motifs is 1. The Morgan fingerprint density at radius 3 is 2.69 bits per heavy atom. The van der Waals surface area contributed by atoms with E-state index in [0.717, 1.165) is 45.2 Å². The van der Waals surface area contributed by atoms with Crippen molar-refractivity contribution in [3.05, 3.63) is 52.8 Å². The summed E-state index contributed by atoms with van der Waals surface area (Å²) in [5.74, 6) is 0.693. The van der Waals surface area contributed by atoms with Crippen molar-refractivity contribution >= 4 is 45.9 Å². The lowest BCUT2D eigenvalue weighted by Gasteiger charge is -2.38. The summed E-state index contributed by atoms with van der Waals surface area (Å²) >= 11 is 5.93. The van der Waals surface area contributed by atoms with Gasteiger partial charge in [-0.25, -0.2) is 9.37 Å². The minimum absolute atomic E-state index is 0.00646. The molecule has 2 saturated heterocycles. The van der Waals surface area contributed by atoms with Gasteiger partial charge in [-0.3, -0.25) is 9.69 Å². The Morgan fingerprint density at radius 1 is 1.18 bits per heavy atom. The van der Waals surface area contributed by atoms with Crippen molar-refractivity contribution in [3.8, 4) is 6.07 Å². The number of likely N-dealkylation sites (N-methyl/N-ethyl adjacent to an activating group) is 1. The summed E-state index contributed by atoms with van der Waals surface area (Å²) in [5.41, 5.74) is 1.33. The molecule has 10 heteroatoms. The fourth-order valence-corrected chi connectivity index (χ4v) is 5.83. The van der Waals surface area contributed by atoms with Crippen LogP contribution in [0.5, 0.6) is 0 Å². The number of piperidine rings is 1. The minimum atomic E-state index is -0.488. The van der Waals surface area contributed by atoms with Crippen molar-refractivity contribution in [2.75, 3.05) is 43.4 Å². The molecule has 1 aromatic heterocycles. The first-order valence-electron chi connectivity index (χ1n) is 13.6. The highest BCUT2D eigenvalue weighted by atomic mass is 35.5. The summed E-state index contributed by atoms with van der Waals surface area (Å²) in [7, 11) is 1.93. The number of amides is 1. The molecule has 3 aromatic rings. The van der Waals surface area contributed by atoms with Crippen LogP contribution in [0.15, 0.2) is 36.4 Å². The van der Waals surface area contributed by atoms with E-state index in [-0.39, 0.29) is 23.7 Å². The zero-order valence-electron chi connectivity index (χ0n) is 22.3. The second-order valence-electron chi connectivity index (χ2n) is 10.3. The molecule has 1 unspecified atom stereocenters. The molecule has 204 valence electrons. The SMILES string of the molecule is CCCN1CCCC1C(=O)N(C)C1CCN(c2nc(Nc3ccc(Cl)cc3F)c3ccc(C#N)cc3n2)CC1. The largest absolute Gasteiger partial charge is 0.341 e. The van der Waals surface area contributed by atoms with Crippen LogP contribution in [0, 0.1) is 17.1 Å². The fraction of sp³-hybridized carbons (Fsp3) is 0.448. The van der Waals surface area contributed by atoms with Crippen molar-refractivity contribution in [2.24, 2.45) is 0 Å². The molecule has 39 heavy (non-hydrogen) atoms. The zero-order valence-corrected chi connectivity index (χ0v) is 23.1. The van der Waals surface area contributed by atoms with Crippen LogP contribution in [-0.4, -0.2) is 71.0 Å². The number of hydrogen-bond donors (Lipinski definition) is 1. The van der Waals surface area contributed by atoms with Crippen LogP contribution in [0.2, 0.25) is 5.02 Å². The summed E-state index contributed by atoms with van der Waals surface area (Å²) in [6, 6.07) is 11.9. The van der Waals surface area contributed by atoms with Gasteiger partial charge in [0.05, 0.1) is 28.9 Å². The van der Waals surface area contributed by atoms with Crippen molar-refractivity contribution in [1.29, 1.82) is 5.26 Å². The predicted molar refractivity (Wildman–Crippen MR) is 152 cm³/mol. The first-order chi connectivity index (χ1) is 18.9. The highest BCUT2D eigenvalue weighted by molar-refractivity contribution is 6.30. The molecule has 1 amide bonds. The van der Waals surface area contributed by atoms with Crippen LogP contribution in [0.1, 0.15) is 44.6 Å². The number of nitrogens with one attached hydrogen (secondary N) is 1. The number of carbonyl (C=O) groups is 1. The summed E-state index contributed by atoms with van der Waals surface area (Å²) in [5, 5.41) is 13.5. The number of carbonyl (C=O) groups excluding carboxylic acids is 1. The molecule has 8 nitrogen and oxygen atoms in total. The predicted octanol–water partition coefficient (Wildman–Crippen LogP) is 5.34. The quantitative estimate of drug-likeness (QED) is 0.425. The summed E-state index contributed by atoms with van der Waals surface area (Å²) < 4.78 is 14.6. The zero-order chi connectivity index (χ0) is 27.5. The third kappa shape index (κ3) is 5.77.